The fraction of sp³-hybridized carbons (Fsp3) is 0.444. The van der Waals surface area contributed by atoms with Gasteiger partial charge >= 0.3 is 5.97 Å². The molecule has 0 spiro atoms. The highest BCUT2D eigenvalue weighted by molar-refractivity contribution is 7.86. The number of carbonyl (C=O) groups is 1. The molecule has 9 nitrogen and oxygen atoms in total. The summed E-state index contributed by atoms with van der Waals surface area (Å²) < 4.78 is 28.1. The maximum atomic E-state index is 12.7. The Morgan fingerprint density at radius 2 is 1.96 bits per heavy atom. The largest absolute Gasteiger partial charge is 0.478 e. The van der Waals surface area contributed by atoms with Crippen molar-refractivity contribution < 1.29 is 18.3 Å². The normalized spacial score (nSPS) is 18.4. The van der Waals surface area contributed by atoms with Crippen molar-refractivity contribution >= 4 is 16.2 Å². The highest BCUT2D eigenvalue weighted by atomic mass is 32.2. The van der Waals surface area contributed by atoms with Crippen LogP contribution in [-0.2, 0) is 10.2 Å². The predicted molar refractivity (Wildman–Crippen MR) is 103 cm³/mol. The van der Waals surface area contributed by atoms with Gasteiger partial charge in [0.2, 0.25) is 0 Å². The van der Waals surface area contributed by atoms with Crippen molar-refractivity contribution in [2.24, 2.45) is 0 Å². The number of pyridine rings is 1. The minimum atomic E-state index is -3.61. The topological polar surface area (TPSA) is 117 Å². The van der Waals surface area contributed by atoms with E-state index in [2.05, 4.69) is 15.0 Å². The lowest BCUT2D eigenvalue weighted by atomic mass is 10.0. The number of aryl methyl sites for hydroxylation is 1. The van der Waals surface area contributed by atoms with Crippen molar-refractivity contribution in [1.82, 2.24) is 23.6 Å². The van der Waals surface area contributed by atoms with Gasteiger partial charge in [0, 0.05) is 44.3 Å². The molecule has 10 heteroatoms. The molecule has 28 heavy (non-hydrogen) atoms. The number of nitrogens with zero attached hydrogens (tertiary/aromatic N) is 5. The molecule has 1 unspecified atom stereocenters. The van der Waals surface area contributed by atoms with E-state index >= 15 is 0 Å². The quantitative estimate of drug-likeness (QED) is 0.807. The second kappa shape index (κ2) is 7.90. The van der Waals surface area contributed by atoms with Gasteiger partial charge in [0.05, 0.1) is 17.3 Å². The van der Waals surface area contributed by atoms with Crippen molar-refractivity contribution in [2.45, 2.75) is 32.2 Å². The Balaban J connectivity index is 2.05. The van der Waals surface area contributed by atoms with Crippen molar-refractivity contribution in [3.63, 3.8) is 0 Å². The van der Waals surface area contributed by atoms with Crippen LogP contribution < -0.4 is 0 Å². The summed E-state index contributed by atoms with van der Waals surface area (Å²) in [4.78, 5) is 24.3. The molecule has 150 valence electrons. The Hall–Kier alpha value is -2.43. The van der Waals surface area contributed by atoms with Gasteiger partial charge in [0.1, 0.15) is 5.82 Å². The summed E-state index contributed by atoms with van der Waals surface area (Å²) in [5.41, 5.74) is 1.80. The molecule has 1 saturated heterocycles. The zero-order chi connectivity index (χ0) is 20.5. The fourth-order valence-electron chi connectivity index (χ4n) is 3.23. The molecule has 3 heterocycles. The van der Waals surface area contributed by atoms with E-state index in [4.69, 9.17) is 0 Å². The van der Waals surface area contributed by atoms with E-state index < -0.39 is 22.2 Å². The number of aromatic nitrogens is 3. The molecule has 0 aliphatic carbocycles. The molecular formula is C18H23N5O4S. The average molecular weight is 405 g/mol. The maximum absolute atomic E-state index is 12.7. The third kappa shape index (κ3) is 4.03. The standard InChI is InChI=1S/C18H23N5O4S/c1-12-8-15(13-9-14(18(24)25)11-19-10-13)21-17(20-12)16-6-4-5-7-23(16)28(26,27)22(2)3/h8-11,16H,4-7H2,1-3H3,(H,24,25). The number of rotatable bonds is 5. The van der Waals surface area contributed by atoms with Crippen LogP contribution >= 0.6 is 0 Å². The van der Waals surface area contributed by atoms with E-state index in [1.165, 1.54) is 41.2 Å². The van der Waals surface area contributed by atoms with Crippen molar-refractivity contribution in [1.29, 1.82) is 0 Å². The van der Waals surface area contributed by atoms with Gasteiger partial charge in [-0.2, -0.15) is 17.0 Å². The van der Waals surface area contributed by atoms with Crippen molar-refractivity contribution in [3.05, 3.63) is 41.6 Å². The number of carboxylic acids is 1. The minimum Gasteiger partial charge on any atom is -0.478 e. The second-order valence-electron chi connectivity index (χ2n) is 6.93. The van der Waals surface area contributed by atoms with Crippen LogP contribution in [-0.4, -0.2) is 63.7 Å². The first-order chi connectivity index (χ1) is 13.2. The highest BCUT2D eigenvalue weighted by Gasteiger charge is 2.36. The summed E-state index contributed by atoms with van der Waals surface area (Å²) >= 11 is 0. The molecule has 0 bridgehead atoms. The van der Waals surface area contributed by atoms with Gasteiger partial charge in [-0.3, -0.25) is 4.98 Å². The highest BCUT2D eigenvalue weighted by Crippen LogP contribution is 2.33. The van der Waals surface area contributed by atoms with Crippen molar-refractivity contribution in [2.75, 3.05) is 20.6 Å². The minimum absolute atomic E-state index is 0.0600. The molecule has 2 aromatic rings. The average Bonchev–Trinajstić information content (AvgIpc) is 2.67. The second-order valence-corrected chi connectivity index (χ2v) is 9.03. The van der Waals surface area contributed by atoms with Gasteiger partial charge in [0.15, 0.2) is 0 Å². The molecule has 3 rings (SSSR count). The van der Waals surface area contributed by atoms with Gasteiger partial charge < -0.3 is 5.11 Å². The molecule has 2 aromatic heterocycles. The first kappa shape index (κ1) is 20.3. The summed E-state index contributed by atoms with van der Waals surface area (Å²) in [6.07, 6.45) is 5.10. The van der Waals surface area contributed by atoms with Gasteiger partial charge in [0.25, 0.3) is 10.2 Å². The van der Waals surface area contributed by atoms with Crippen LogP contribution in [0.15, 0.2) is 24.5 Å². The van der Waals surface area contributed by atoms with Gasteiger partial charge in [-0.25, -0.2) is 14.8 Å². The predicted octanol–water partition coefficient (Wildman–Crippen LogP) is 1.88. The zero-order valence-electron chi connectivity index (χ0n) is 16.0. The van der Waals surface area contributed by atoms with E-state index in [-0.39, 0.29) is 5.56 Å². The Morgan fingerprint density at radius 1 is 1.21 bits per heavy atom. The number of piperidine rings is 1. The van der Waals surface area contributed by atoms with Gasteiger partial charge in [-0.15, -0.1) is 0 Å². The molecule has 1 aliphatic rings. The van der Waals surface area contributed by atoms with Crippen LogP contribution in [0.5, 0.6) is 0 Å². The third-order valence-corrected chi connectivity index (χ3v) is 6.61. The van der Waals surface area contributed by atoms with E-state index in [0.29, 0.717) is 35.7 Å². The van der Waals surface area contributed by atoms with Crippen LogP contribution in [0, 0.1) is 6.92 Å². The van der Waals surface area contributed by atoms with E-state index in [1.807, 2.05) is 0 Å². The summed E-state index contributed by atoms with van der Waals surface area (Å²) in [5, 5.41) is 9.19. The Morgan fingerprint density at radius 3 is 2.64 bits per heavy atom. The fourth-order valence-corrected chi connectivity index (χ4v) is 4.53. The summed E-state index contributed by atoms with van der Waals surface area (Å²) in [6.45, 7) is 2.21. The van der Waals surface area contributed by atoms with E-state index in [1.54, 1.807) is 13.0 Å². The Labute approximate surface area is 164 Å². The molecule has 0 saturated carbocycles. The monoisotopic (exact) mass is 405 g/mol. The smallest absolute Gasteiger partial charge is 0.337 e. The van der Waals surface area contributed by atoms with Crippen molar-refractivity contribution in [3.8, 4) is 11.3 Å². The first-order valence-corrected chi connectivity index (χ1v) is 10.3. The van der Waals surface area contributed by atoms with Crippen LogP contribution in [0.3, 0.4) is 0 Å². The summed E-state index contributed by atoms with van der Waals surface area (Å²) in [6, 6.07) is 2.77. The number of hydrogen-bond donors (Lipinski definition) is 1. The van der Waals surface area contributed by atoms with Crippen LogP contribution in [0.1, 0.15) is 47.2 Å². The molecule has 1 fully saturated rings. The molecule has 0 amide bonds. The van der Waals surface area contributed by atoms with Crippen LogP contribution in [0.2, 0.25) is 0 Å². The van der Waals surface area contributed by atoms with Crippen LogP contribution in [0.25, 0.3) is 11.3 Å². The van der Waals surface area contributed by atoms with Crippen LogP contribution in [0.4, 0.5) is 0 Å². The lowest BCUT2D eigenvalue weighted by molar-refractivity contribution is 0.0696. The summed E-state index contributed by atoms with van der Waals surface area (Å²) in [7, 11) is -0.596. The van der Waals surface area contributed by atoms with Gasteiger partial charge in [-0.1, -0.05) is 6.42 Å². The molecule has 1 N–H and O–H groups in total. The molecule has 1 atom stereocenters. The first-order valence-electron chi connectivity index (χ1n) is 8.93. The third-order valence-electron chi connectivity index (χ3n) is 4.66. The van der Waals surface area contributed by atoms with E-state index in [9.17, 15) is 18.3 Å². The molecule has 1 aliphatic heterocycles. The molecule has 0 aromatic carbocycles. The number of carboxylic acid groups (broad SMARTS) is 1. The lowest BCUT2D eigenvalue weighted by Crippen LogP contribution is -2.45. The number of hydrogen-bond acceptors (Lipinski definition) is 6. The van der Waals surface area contributed by atoms with E-state index in [0.717, 1.165) is 12.8 Å². The SMILES string of the molecule is Cc1cc(-c2cncc(C(=O)O)c2)nc(C2CCCCN2S(=O)(=O)N(C)C)n1. The lowest BCUT2D eigenvalue weighted by Gasteiger charge is -2.35. The maximum Gasteiger partial charge on any atom is 0.337 e. The Kier molecular flexibility index (Phi) is 5.73. The molecule has 0 radical (unpaired) electrons. The van der Waals surface area contributed by atoms with Gasteiger partial charge in [-0.05, 0) is 31.9 Å². The summed E-state index contributed by atoms with van der Waals surface area (Å²) in [5.74, 6) is -0.656. The number of aromatic carboxylic acids is 1. The zero-order valence-corrected chi connectivity index (χ0v) is 16.8. The molecular weight excluding hydrogens is 382 g/mol. The Bertz CT molecular complexity index is 993.